The fourth-order valence-electron chi connectivity index (χ4n) is 2.30. The monoisotopic (exact) mass is 223 g/mol. The Balaban J connectivity index is 2.74. The van der Waals surface area contributed by atoms with Crippen LogP contribution in [0.2, 0.25) is 0 Å². The molecular formula is C13H15F2N. The highest BCUT2D eigenvalue weighted by Crippen LogP contribution is 2.39. The van der Waals surface area contributed by atoms with Crippen molar-refractivity contribution in [3.63, 3.8) is 0 Å². The van der Waals surface area contributed by atoms with Crippen LogP contribution in [0.4, 0.5) is 14.5 Å². The Morgan fingerprint density at radius 1 is 1.50 bits per heavy atom. The van der Waals surface area contributed by atoms with E-state index in [1.54, 1.807) is 0 Å². The van der Waals surface area contributed by atoms with E-state index in [1.807, 2.05) is 18.9 Å². The van der Waals surface area contributed by atoms with Gasteiger partial charge in [0, 0.05) is 19.2 Å². The van der Waals surface area contributed by atoms with Crippen molar-refractivity contribution in [1.82, 2.24) is 0 Å². The van der Waals surface area contributed by atoms with Gasteiger partial charge in [0.15, 0.2) is 11.6 Å². The SMILES string of the molecule is C=Cc1c(F)c(F)cc2c1N(C)CCC2C. The quantitative estimate of drug-likeness (QED) is 0.703. The lowest BCUT2D eigenvalue weighted by molar-refractivity contribution is 0.500. The Kier molecular flexibility index (Phi) is 2.70. The smallest absolute Gasteiger partial charge is 0.168 e. The lowest BCUT2D eigenvalue weighted by Crippen LogP contribution is -2.28. The van der Waals surface area contributed by atoms with Gasteiger partial charge in [-0.3, -0.25) is 0 Å². The zero-order chi connectivity index (χ0) is 11.9. The van der Waals surface area contributed by atoms with Crippen LogP contribution >= 0.6 is 0 Å². The molecule has 2 rings (SSSR count). The molecule has 0 radical (unpaired) electrons. The van der Waals surface area contributed by atoms with Gasteiger partial charge in [0.1, 0.15) is 0 Å². The number of hydrogen-bond acceptors (Lipinski definition) is 1. The maximum absolute atomic E-state index is 13.6. The van der Waals surface area contributed by atoms with Crippen LogP contribution < -0.4 is 4.90 Å². The first-order chi connectivity index (χ1) is 7.56. The summed E-state index contributed by atoms with van der Waals surface area (Å²) >= 11 is 0. The summed E-state index contributed by atoms with van der Waals surface area (Å²) in [5.41, 5.74) is 1.94. The molecule has 1 atom stereocenters. The minimum absolute atomic E-state index is 0.264. The molecular weight excluding hydrogens is 208 g/mol. The molecule has 1 nitrogen and oxygen atoms in total. The summed E-state index contributed by atoms with van der Waals surface area (Å²) < 4.78 is 27.0. The molecule has 0 saturated heterocycles. The highest BCUT2D eigenvalue weighted by Gasteiger charge is 2.26. The Hall–Kier alpha value is -1.38. The van der Waals surface area contributed by atoms with Crippen LogP contribution in [0.3, 0.4) is 0 Å². The summed E-state index contributed by atoms with van der Waals surface area (Å²) in [7, 11) is 1.90. The molecule has 1 aromatic carbocycles. The van der Waals surface area contributed by atoms with Crippen molar-refractivity contribution in [2.45, 2.75) is 19.3 Å². The molecule has 1 heterocycles. The van der Waals surface area contributed by atoms with Gasteiger partial charge >= 0.3 is 0 Å². The van der Waals surface area contributed by atoms with Gasteiger partial charge in [-0.1, -0.05) is 19.6 Å². The summed E-state index contributed by atoms with van der Waals surface area (Å²) in [4.78, 5) is 1.97. The van der Waals surface area contributed by atoms with Gasteiger partial charge in [-0.15, -0.1) is 0 Å². The molecule has 86 valence electrons. The van der Waals surface area contributed by atoms with Crippen molar-refractivity contribution in [2.24, 2.45) is 0 Å². The van der Waals surface area contributed by atoms with Gasteiger partial charge in [0.25, 0.3) is 0 Å². The molecule has 16 heavy (non-hydrogen) atoms. The first-order valence-corrected chi connectivity index (χ1v) is 5.41. The van der Waals surface area contributed by atoms with E-state index in [0.29, 0.717) is 0 Å². The predicted molar refractivity (Wildman–Crippen MR) is 62.8 cm³/mol. The van der Waals surface area contributed by atoms with Gasteiger partial charge in [-0.2, -0.15) is 0 Å². The molecule has 0 N–H and O–H groups in total. The van der Waals surface area contributed by atoms with Crippen LogP contribution in [0.1, 0.15) is 30.4 Å². The minimum Gasteiger partial charge on any atom is -0.374 e. The largest absolute Gasteiger partial charge is 0.374 e. The Morgan fingerprint density at radius 3 is 2.81 bits per heavy atom. The van der Waals surface area contributed by atoms with Gasteiger partial charge in [0.05, 0.1) is 5.69 Å². The van der Waals surface area contributed by atoms with Gasteiger partial charge in [0.2, 0.25) is 0 Å². The van der Waals surface area contributed by atoms with Crippen molar-refractivity contribution in [3.8, 4) is 0 Å². The van der Waals surface area contributed by atoms with Crippen LogP contribution in [0.15, 0.2) is 12.6 Å². The number of hydrogen-bond donors (Lipinski definition) is 0. The predicted octanol–water partition coefficient (Wildman–Crippen LogP) is 3.55. The third-order valence-electron chi connectivity index (χ3n) is 3.27. The fourth-order valence-corrected chi connectivity index (χ4v) is 2.30. The van der Waals surface area contributed by atoms with Crippen molar-refractivity contribution in [3.05, 3.63) is 35.4 Å². The van der Waals surface area contributed by atoms with Crippen molar-refractivity contribution >= 4 is 11.8 Å². The first kappa shape index (κ1) is 11.1. The summed E-state index contributed by atoms with van der Waals surface area (Å²) in [5.74, 6) is -1.31. The maximum Gasteiger partial charge on any atom is 0.168 e. The molecule has 1 aliphatic rings. The second-order valence-electron chi connectivity index (χ2n) is 4.34. The molecule has 0 fully saturated rings. The second-order valence-corrected chi connectivity index (χ2v) is 4.34. The minimum atomic E-state index is -0.797. The molecule has 0 aromatic heterocycles. The molecule has 0 saturated carbocycles. The van der Waals surface area contributed by atoms with Gasteiger partial charge in [-0.05, 0) is 24.0 Å². The topological polar surface area (TPSA) is 3.24 Å². The summed E-state index contributed by atoms with van der Waals surface area (Å²) in [6.45, 7) is 6.47. The molecule has 1 unspecified atom stereocenters. The molecule has 0 bridgehead atoms. The summed E-state index contributed by atoms with van der Waals surface area (Å²) in [6.07, 6.45) is 2.36. The number of nitrogens with zero attached hydrogens (tertiary/aromatic N) is 1. The Labute approximate surface area is 94.4 Å². The number of benzene rings is 1. The average Bonchev–Trinajstić information content (AvgIpc) is 2.26. The third-order valence-corrected chi connectivity index (χ3v) is 3.27. The van der Waals surface area contributed by atoms with E-state index in [9.17, 15) is 8.78 Å². The van der Waals surface area contributed by atoms with Crippen molar-refractivity contribution < 1.29 is 8.78 Å². The van der Waals surface area contributed by atoms with E-state index < -0.39 is 11.6 Å². The Morgan fingerprint density at radius 2 is 2.19 bits per heavy atom. The average molecular weight is 223 g/mol. The lowest BCUT2D eigenvalue weighted by atomic mass is 9.89. The van der Waals surface area contributed by atoms with E-state index in [-0.39, 0.29) is 11.5 Å². The summed E-state index contributed by atoms with van der Waals surface area (Å²) in [6, 6.07) is 1.32. The van der Waals surface area contributed by atoms with E-state index in [2.05, 4.69) is 6.58 Å². The van der Waals surface area contributed by atoms with Crippen LogP contribution in [0.25, 0.3) is 6.08 Å². The molecule has 3 heteroatoms. The molecule has 0 amide bonds. The first-order valence-electron chi connectivity index (χ1n) is 5.41. The van der Waals surface area contributed by atoms with Crippen molar-refractivity contribution in [1.29, 1.82) is 0 Å². The van der Waals surface area contributed by atoms with Crippen LogP contribution in [-0.4, -0.2) is 13.6 Å². The fraction of sp³-hybridized carbons (Fsp3) is 0.385. The molecule has 0 aliphatic carbocycles. The summed E-state index contributed by atoms with van der Waals surface area (Å²) in [5, 5.41) is 0. The molecule has 1 aliphatic heterocycles. The second kappa shape index (κ2) is 3.89. The zero-order valence-corrected chi connectivity index (χ0v) is 9.56. The third kappa shape index (κ3) is 1.51. The lowest BCUT2D eigenvalue weighted by Gasteiger charge is -2.33. The van der Waals surface area contributed by atoms with Gasteiger partial charge < -0.3 is 4.90 Å². The van der Waals surface area contributed by atoms with Crippen molar-refractivity contribution in [2.75, 3.05) is 18.5 Å². The maximum atomic E-state index is 13.6. The van der Waals surface area contributed by atoms with Crippen LogP contribution in [0, 0.1) is 11.6 Å². The molecule has 1 aromatic rings. The van der Waals surface area contributed by atoms with Gasteiger partial charge in [-0.25, -0.2) is 8.78 Å². The highest BCUT2D eigenvalue weighted by atomic mass is 19.2. The standard InChI is InChI=1S/C13H15F2N/c1-4-9-12(15)11(14)7-10-8(2)5-6-16(3)13(9)10/h4,7-8H,1,5-6H2,2-3H3. The Bertz CT molecular complexity index is 440. The normalized spacial score (nSPS) is 19.5. The van der Waals surface area contributed by atoms with E-state index in [0.717, 1.165) is 24.2 Å². The zero-order valence-electron chi connectivity index (χ0n) is 9.56. The van der Waals surface area contributed by atoms with E-state index in [1.165, 1.54) is 12.1 Å². The highest BCUT2D eigenvalue weighted by molar-refractivity contribution is 5.72. The molecule has 0 spiro atoms. The van der Waals surface area contributed by atoms with Crippen LogP contribution in [0.5, 0.6) is 0 Å². The van der Waals surface area contributed by atoms with E-state index >= 15 is 0 Å². The number of fused-ring (bicyclic) bond motifs is 1. The van der Waals surface area contributed by atoms with E-state index in [4.69, 9.17) is 0 Å². The number of rotatable bonds is 1. The number of halogens is 2. The van der Waals surface area contributed by atoms with Crippen LogP contribution in [-0.2, 0) is 0 Å². The number of anilines is 1.